The number of aliphatic hydroxyl groups is 1. The number of likely N-dealkylation sites (tertiary alicyclic amines) is 1. The SMILES string of the molecule is C=CCCCCOC(=O)[C@H]1[C@H]2C(=O)N(CCCCCO)C(C(=O)N(CC=C)C(C)C)C23CC(Br)[C@@H]1S3. The van der Waals surface area contributed by atoms with Crippen LogP contribution in [0.15, 0.2) is 25.3 Å². The highest BCUT2D eigenvalue weighted by Gasteiger charge is 2.76. The first kappa shape index (κ1) is 29.2. The molecule has 3 rings (SSSR count). The van der Waals surface area contributed by atoms with E-state index in [2.05, 4.69) is 29.1 Å². The summed E-state index contributed by atoms with van der Waals surface area (Å²) in [6.45, 7) is 12.8. The van der Waals surface area contributed by atoms with Crippen LogP contribution in [0.5, 0.6) is 0 Å². The number of carbonyl (C=O) groups excluding carboxylic acids is 3. The van der Waals surface area contributed by atoms with Crippen molar-refractivity contribution in [1.29, 1.82) is 0 Å². The molecule has 3 unspecified atom stereocenters. The number of aliphatic hydroxyl groups excluding tert-OH is 1. The molecule has 3 saturated heterocycles. The molecule has 202 valence electrons. The smallest absolute Gasteiger partial charge is 0.310 e. The number of alkyl halides is 1. The van der Waals surface area contributed by atoms with Crippen LogP contribution >= 0.6 is 27.7 Å². The van der Waals surface area contributed by atoms with Gasteiger partial charge in [0.2, 0.25) is 11.8 Å². The molecular weight excluding hydrogens is 544 g/mol. The molecule has 7 nitrogen and oxygen atoms in total. The average Bonchev–Trinajstić information content (AvgIpc) is 3.43. The second kappa shape index (κ2) is 13.0. The Morgan fingerprint density at radius 3 is 2.64 bits per heavy atom. The van der Waals surface area contributed by atoms with Crippen LogP contribution in [0, 0.1) is 11.8 Å². The predicted molar refractivity (Wildman–Crippen MR) is 147 cm³/mol. The maximum Gasteiger partial charge on any atom is 0.310 e. The van der Waals surface area contributed by atoms with Gasteiger partial charge in [0.25, 0.3) is 0 Å². The van der Waals surface area contributed by atoms with E-state index in [-0.39, 0.29) is 40.5 Å². The maximum absolute atomic E-state index is 14.1. The lowest BCUT2D eigenvalue weighted by Crippen LogP contribution is -2.56. The Kier molecular flexibility index (Phi) is 10.5. The Morgan fingerprint density at radius 1 is 1.25 bits per heavy atom. The van der Waals surface area contributed by atoms with Crippen molar-refractivity contribution in [3.63, 3.8) is 0 Å². The van der Waals surface area contributed by atoms with Crippen LogP contribution in [0.1, 0.15) is 58.8 Å². The van der Waals surface area contributed by atoms with E-state index >= 15 is 0 Å². The van der Waals surface area contributed by atoms with Gasteiger partial charge in [-0.05, 0) is 58.8 Å². The van der Waals surface area contributed by atoms with Crippen molar-refractivity contribution in [1.82, 2.24) is 9.80 Å². The molecule has 0 saturated carbocycles. The van der Waals surface area contributed by atoms with Gasteiger partial charge in [0, 0.05) is 35.8 Å². The van der Waals surface area contributed by atoms with Crippen LogP contribution in [0.4, 0.5) is 0 Å². The van der Waals surface area contributed by atoms with Crippen molar-refractivity contribution in [2.24, 2.45) is 11.8 Å². The van der Waals surface area contributed by atoms with Crippen LogP contribution in [0.2, 0.25) is 0 Å². The van der Waals surface area contributed by atoms with Gasteiger partial charge in [-0.1, -0.05) is 28.1 Å². The van der Waals surface area contributed by atoms with E-state index in [0.717, 1.165) is 25.7 Å². The zero-order valence-electron chi connectivity index (χ0n) is 21.6. The Hall–Kier alpha value is -1.32. The molecule has 3 aliphatic rings. The van der Waals surface area contributed by atoms with E-state index in [0.29, 0.717) is 39.0 Å². The number of hydrogen-bond donors (Lipinski definition) is 1. The number of amides is 2. The molecule has 0 radical (unpaired) electrons. The van der Waals surface area contributed by atoms with Crippen LogP contribution in [-0.2, 0) is 19.1 Å². The highest BCUT2D eigenvalue weighted by molar-refractivity contribution is 9.09. The van der Waals surface area contributed by atoms with Crippen molar-refractivity contribution in [3.05, 3.63) is 25.3 Å². The quantitative estimate of drug-likeness (QED) is 0.136. The third kappa shape index (κ3) is 5.58. The summed E-state index contributed by atoms with van der Waals surface area (Å²) in [6.07, 6.45) is 8.89. The zero-order valence-corrected chi connectivity index (χ0v) is 24.0. The lowest BCUT2D eigenvalue weighted by atomic mass is 9.71. The van der Waals surface area contributed by atoms with E-state index in [1.807, 2.05) is 19.9 Å². The average molecular weight is 586 g/mol. The highest BCUT2D eigenvalue weighted by atomic mass is 79.9. The fraction of sp³-hybridized carbons (Fsp3) is 0.741. The van der Waals surface area contributed by atoms with E-state index < -0.39 is 22.6 Å². The van der Waals surface area contributed by atoms with Gasteiger partial charge < -0.3 is 19.6 Å². The van der Waals surface area contributed by atoms with Crippen LogP contribution < -0.4 is 0 Å². The normalized spacial score (nSPS) is 30.5. The molecule has 2 bridgehead atoms. The van der Waals surface area contributed by atoms with Gasteiger partial charge in [-0.15, -0.1) is 24.9 Å². The number of halogens is 1. The van der Waals surface area contributed by atoms with Gasteiger partial charge in [-0.2, -0.15) is 0 Å². The largest absolute Gasteiger partial charge is 0.465 e. The van der Waals surface area contributed by atoms with Gasteiger partial charge in [0.05, 0.1) is 23.2 Å². The summed E-state index contributed by atoms with van der Waals surface area (Å²) in [5.41, 5.74) is 0. The Labute approximate surface area is 228 Å². The molecule has 0 aromatic rings. The monoisotopic (exact) mass is 584 g/mol. The van der Waals surface area contributed by atoms with Crippen molar-refractivity contribution in [2.45, 2.75) is 85.7 Å². The second-order valence-electron chi connectivity index (χ2n) is 10.3. The van der Waals surface area contributed by atoms with Gasteiger partial charge in [-0.3, -0.25) is 14.4 Å². The number of esters is 1. The summed E-state index contributed by atoms with van der Waals surface area (Å²) in [4.78, 5) is 45.0. The van der Waals surface area contributed by atoms with E-state index in [1.165, 1.54) is 0 Å². The topological polar surface area (TPSA) is 87.1 Å². The summed E-state index contributed by atoms with van der Waals surface area (Å²) in [6, 6.07) is -0.677. The molecule has 1 spiro atoms. The number of hydrogen-bond acceptors (Lipinski definition) is 6. The number of carbonyl (C=O) groups is 3. The molecule has 2 amide bonds. The molecule has 0 aliphatic carbocycles. The Balaban J connectivity index is 1.91. The van der Waals surface area contributed by atoms with Crippen molar-refractivity contribution in [3.8, 4) is 0 Å². The minimum atomic E-state index is -0.662. The standard InChI is InChI=1S/C27H41BrN2O5S/c1-5-7-8-12-16-35-26(34)20-21-24(32)30(14-10-9-11-15-31)23(25(33)29(13-6-2)18(3)4)27(21)17-19(28)22(20)36-27/h5-6,18-23,31H,1-2,7-17H2,3-4H3/t19?,20-,21-,22-,23?,27?/m0/s1. The van der Waals surface area contributed by atoms with E-state index in [4.69, 9.17) is 4.74 Å². The summed E-state index contributed by atoms with van der Waals surface area (Å²) in [5.74, 6) is -1.64. The van der Waals surface area contributed by atoms with Crippen LogP contribution in [0.3, 0.4) is 0 Å². The number of ether oxygens (including phenoxy) is 1. The molecule has 3 aliphatic heterocycles. The van der Waals surface area contributed by atoms with Crippen molar-refractivity contribution >= 4 is 45.5 Å². The molecule has 0 aromatic heterocycles. The molecule has 1 N–H and O–H groups in total. The summed E-state index contributed by atoms with van der Waals surface area (Å²) in [5, 5.41) is 9.09. The number of rotatable bonds is 15. The highest BCUT2D eigenvalue weighted by Crippen LogP contribution is 2.68. The molecular formula is C27H41BrN2O5S. The zero-order chi connectivity index (χ0) is 26.5. The number of unbranched alkanes of at least 4 members (excludes halogenated alkanes) is 4. The molecule has 36 heavy (non-hydrogen) atoms. The van der Waals surface area contributed by atoms with Gasteiger partial charge >= 0.3 is 5.97 Å². The van der Waals surface area contributed by atoms with Crippen molar-refractivity contribution < 1.29 is 24.2 Å². The molecule has 3 heterocycles. The number of allylic oxidation sites excluding steroid dienone is 1. The predicted octanol–water partition coefficient (Wildman–Crippen LogP) is 3.94. The first-order valence-corrected chi connectivity index (χ1v) is 15.0. The minimum absolute atomic E-state index is 0.0291. The van der Waals surface area contributed by atoms with E-state index in [9.17, 15) is 19.5 Å². The Bertz CT molecular complexity index is 839. The molecule has 3 fully saturated rings. The third-order valence-electron chi connectivity index (χ3n) is 7.63. The lowest BCUT2D eigenvalue weighted by Gasteiger charge is -2.39. The fourth-order valence-corrected chi connectivity index (χ4v) is 9.60. The fourth-order valence-electron chi connectivity index (χ4n) is 6.00. The van der Waals surface area contributed by atoms with E-state index in [1.54, 1.807) is 27.6 Å². The summed E-state index contributed by atoms with van der Waals surface area (Å²) >= 11 is 5.43. The first-order valence-electron chi connectivity index (χ1n) is 13.2. The number of nitrogens with zero attached hydrogens (tertiary/aromatic N) is 2. The Morgan fingerprint density at radius 2 is 2.00 bits per heavy atom. The molecule has 9 heteroatoms. The minimum Gasteiger partial charge on any atom is -0.465 e. The maximum atomic E-state index is 14.1. The van der Waals surface area contributed by atoms with Crippen LogP contribution in [-0.4, -0.2) is 85.9 Å². The van der Waals surface area contributed by atoms with Gasteiger partial charge in [0.15, 0.2) is 0 Å². The number of thioether (sulfide) groups is 1. The summed E-state index contributed by atoms with van der Waals surface area (Å²) in [7, 11) is 0. The molecule has 6 atom stereocenters. The lowest BCUT2D eigenvalue weighted by molar-refractivity contribution is -0.154. The second-order valence-corrected chi connectivity index (χ2v) is 13.0. The molecule has 0 aromatic carbocycles. The number of fused-ring (bicyclic) bond motifs is 1. The third-order valence-corrected chi connectivity index (χ3v) is 10.9. The van der Waals surface area contributed by atoms with Gasteiger partial charge in [0.1, 0.15) is 6.04 Å². The van der Waals surface area contributed by atoms with Gasteiger partial charge in [-0.25, -0.2) is 0 Å². The van der Waals surface area contributed by atoms with Crippen LogP contribution in [0.25, 0.3) is 0 Å². The summed E-state index contributed by atoms with van der Waals surface area (Å²) < 4.78 is 5.02. The first-order chi connectivity index (χ1) is 17.2. The van der Waals surface area contributed by atoms with Crippen molar-refractivity contribution in [2.75, 3.05) is 26.3 Å².